The van der Waals surface area contributed by atoms with Gasteiger partial charge in [0.25, 0.3) is 0 Å². The Hall–Kier alpha value is -1.20. The fourth-order valence-corrected chi connectivity index (χ4v) is 2.92. The van der Waals surface area contributed by atoms with Gasteiger partial charge in [0.1, 0.15) is 5.75 Å². The first-order chi connectivity index (χ1) is 10.2. The van der Waals surface area contributed by atoms with Crippen molar-refractivity contribution in [3.05, 3.63) is 24.3 Å². The summed E-state index contributed by atoms with van der Waals surface area (Å²) in [6, 6.07) is 7.09. The molecule has 0 bridgehead atoms. The third-order valence-electron chi connectivity index (χ3n) is 3.70. The standard InChI is InChI=1S/C16H24N2O2S/c1-21-11-10-15(17)16(19)18-12-6-8-14(9-7-12)20-13-4-2-3-5-13/h6-9,13,15H,2-5,10-11,17H2,1H3,(H,18,19)/t15-/m0/s1. The summed E-state index contributed by atoms with van der Waals surface area (Å²) in [7, 11) is 0. The van der Waals surface area contributed by atoms with Crippen molar-refractivity contribution in [2.75, 3.05) is 17.3 Å². The minimum atomic E-state index is -0.452. The first-order valence-corrected chi connectivity index (χ1v) is 8.90. The van der Waals surface area contributed by atoms with Crippen LogP contribution >= 0.6 is 11.8 Å². The molecule has 3 N–H and O–H groups in total. The van der Waals surface area contributed by atoms with Gasteiger partial charge < -0.3 is 15.8 Å². The Kier molecular flexibility index (Phi) is 6.39. The van der Waals surface area contributed by atoms with Crippen molar-refractivity contribution in [1.29, 1.82) is 0 Å². The zero-order valence-corrected chi connectivity index (χ0v) is 13.3. The Bertz CT molecular complexity index is 444. The smallest absolute Gasteiger partial charge is 0.241 e. The number of hydrogen-bond acceptors (Lipinski definition) is 4. The fourth-order valence-electron chi connectivity index (χ4n) is 2.43. The molecule has 1 amide bonds. The maximum atomic E-state index is 11.9. The van der Waals surface area contributed by atoms with Gasteiger partial charge in [0.2, 0.25) is 5.91 Å². The summed E-state index contributed by atoms with van der Waals surface area (Å²) in [5.74, 6) is 1.63. The first-order valence-electron chi connectivity index (χ1n) is 7.51. The lowest BCUT2D eigenvalue weighted by Gasteiger charge is -2.14. The Morgan fingerprint density at radius 3 is 2.67 bits per heavy atom. The van der Waals surface area contributed by atoms with Gasteiger partial charge in [-0.05, 0) is 68.4 Å². The van der Waals surface area contributed by atoms with E-state index in [-0.39, 0.29) is 5.91 Å². The normalized spacial score (nSPS) is 16.7. The van der Waals surface area contributed by atoms with Crippen molar-refractivity contribution in [3.63, 3.8) is 0 Å². The molecule has 1 aliphatic rings. The number of thioether (sulfide) groups is 1. The Morgan fingerprint density at radius 2 is 2.05 bits per heavy atom. The average Bonchev–Trinajstić information content (AvgIpc) is 2.99. The number of hydrogen-bond donors (Lipinski definition) is 2. The van der Waals surface area contributed by atoms with Crippen LogP contribution in [0.15, 0.2) is 24.3 Å². The molecule has 5 heteroatoms. The van der Waals surface area contributed by atoms with Crippen LogP contribution in [-0.4, -0.2) is 30.1 Å². The Balaban J connectivity index is 1.82. The summed E-state index contributed by atoms with van der Waals surface area (Å²) >= 11 is 1.69. The van der Waals surface area contributed by atoms with E-state index in [4.69, 9.17) is 10.5 Å². The molecule has 0 spiro atoms. The molecular formula is C16H24N2O2S. The summed E-state index contributed by atoms with van der Waals surface area (Å²) in [6.07, 6.45) is 7.85. The van der Waals surface area contributed by atoms with Gasteiger partial charge in [0.15, 0.2) is 0 Å². The van der Waals surface area contributed by atoms with E-state index in [1.165, 1.54) is 12.8 Å². The maximum Gasteiger partial charge on any atom is 0.241 e. The Labute approximate surface area is 130 Å². The van der Waals surface area contributed by atoms with Crippen LogP contribution in [0.2, 0.25) is 0 Å². The quantitative estimate of drug-likeness (QED) is 0.812. The molecule has 1 aromatic carbocycles. The van der Waals surface area contributed by atoms with Gasteiger partial charge in [-0.15, -0.1) is 0 Å². The molecular weight excluding hydrogens is 284 g/mol. The molecule has 2 rings (SSSR count). The molecule has 0 radical (unpaired) electrons. The van der Waals surface area contributed by atoms with Crippen molar-refractivity contribution in [1.82, 2.24) is 0 Å². The molecule has 4 nitrogen and oxygen atoms in total. The third kappa shape index (κ3) is 5.25. The van der Waals surface area contributed by atoms with Gasteiger partial charge >= 0.3 is 0 Å². The van der Waals surface area contributed by atoms with E-state index in [0.717, 1.165) is 30.0 Å². The maximum absolute atomic E-state index is 11.9. The number of rotatable bonds is 7. The minimum absolute atomic E-state index is 0.131. The van der Waals surface area contributed by atoms with Gasteiger partial charge in [-0.25, -0.2) is 0 Å². The van der Waals surface area contributed by atoms with Gasteiger partial charge in [-0.3, -0.25) is 4.79 Å². The zero-order chi connectivity index (χ0) is 15.1. The molecule has 0 saturated heterocycles. The van der Waals surface area contributed by atoms with Crippen molar-refractivity contribution < 1.29 is 9.53 Å². The minimum Gasteiger partial charge on any atom is -0.490 e. The van der Waals surface area contributed by atoms with E-state index in [1.807, 2.05) is 30.5 Å². The van der Waals surface area contributed by atoms with Gasteiger partial charge in [-0.2, -0.15) is 11.8 Å². The molecule has 0 aromatic heterocycles. The van der Waals surface area contributed by atoms with Crippen LogP contribution in [0.4, 0.5) is 5.69 Å². The van der Waals surface area contributed by atoms with Crippen molar-refractivity contribution in [2.24, 2.45) is 5.73 Å². The highest BCUT2D eigenvalue weighted by molar-refractivity contribution is 7.98. The number of benzene rings is 1. The van der Waals surface area contributed by atoms with Crippen LogP contribution in [-0.2, 0) is 4.79 Å². The second kappa shape index (κ2) is 8.29. The highest BCUT2D eigenvalue weighted by atomic mass is 32.2. The lowest BCUT2D eigenvalue weighted by Crippen LogP contribution is -2.36. The van der Waals surface area contributed by atoms with Crippen LogP contribution in [0.5, 0.6) is 5.75 Å². The predicted octanol–water partition coefficient (Wildman–Crippen LogP) is 3.03. The third-order valence-corrected chi connectivity index (χ3v) is 4.34. The summed E-state index contributed by atoms with van der Waals surface area (Å²) in [4.78, 5) is 11.9. The topological polar surface area (TPSA) is 64.4 Å². The monoisotopic (exact) mass is 308 g/mol. The molecule has 116 valence electrons. The molecule has 1 atom stereocenters. The first kappa shape index (κ1) is 16.2. The van der Waals surface area contributed by atoms with Crippen LogP contribution in [0.3, 0.4) is 0 Å². The molecule has 0 heterocycles. The van der Waals surface area contributed by atoms with E-state index in [1.54, 1.807) is 11.8 Å². The van der Waals surface area contributed by atoms with E-state index in [2.05, 4.69) is 5.32 Å². The van der Waals surface area contributed by atoms with Crippen molar-refractivity contribution in [2.45, 2.75) is 44.2 Å². The highest BCUT2D eigenvalue weighted by Crippen LogP contribution is 2.25. The van der Waals surface area contributed by atoms with Gasteiger partial charge in [-0.1, -0.05) is 0 Å². The molecule has 1 aliphatic carbocycles. The van der Waals surface area contributed by atoms with Crippen molar-refractivity contribution in [3.8, 4) is 5.75 Å². The molecule has 21 heavy (non-hydrogen) atoms. The van der Waals surface area contributed by atoms with Crippen LogP contribution in [0, 0.1) is 0 Å². The summed E-state index contributed by atoms with van der Waals surface area (Å²) in [5.41, 5.74) is 6.60. The zero-order valence-electron chi connectivity index (χ0n) is 12.5. The van der Waals surface area contributed by atoms with E-state index in [9.17, 15) is 4.79 Å². The SMILES string of the molecule is CSCC[C@H](N)C(=O)Nc1ccc(OC2CCCC2)cc1. The summed E-state index contributed by atoms with van der Waals surface area (Å²) in [6.45, 7) is 0. The van der Waals surface area contributed by atoms with Gasteiger partial charge in [0, 0.05) is 5.69 Å². The fraction of sp³-hybridized carbons (Fsp3) is 0.562. The second-order valence-corrected chi connectivity index (χ2v) is 6.41. The van der Waals surface area contributed by atoms with Gasteiger partial charge in [0.05, 0.1) is 12.1 Å². The lowest BCUT2D eigenvalue weighted by molar-refractivity contribution is -0.117. The average molecular weight is 308 g/mol. The number of amides is 1. The van der Waals surface area contributed by atoms with Crippen LogP contribution in [0.25, 0.3) is 0 Å². The number of carbonyl (C=O) groups is 1. The predicted molar refractivity (Wildman–Crippen MR) is 88.9 cm³/mol. The number of anilines is 1. The van der Waals surface area contributed by atoms with E-state index >= 15 is 0 Å². The number of ether oxygens (including phenoxy) is 1. The summed E-state index contributed by atoms with van der Waals surface area (Å²) < 4.78 is 5.90. The number of carbonyl (C=O) groups excluding carboxylic acids is 1. The Morgan fingerprint density at radius 1 is 1.38 bits per heavy atom. The largest absolute Gasteiger partial charge is 0.490 e. The summed E-state index contributed by atoms with van der Waals surface area (Å²) in [5, 5.41) is 2.84. The molecule has 1 aromatic rings. The molecule has 0 aliphatic heterocycles. The van der Waals surface area contributed by atoms with Crippen LogP contribution in [0.1, 0.15) is 32.1 Å². The molecule has 1 fully saturated rings. The van der Waals surface area contributed by atoms with Crippen LogP contribution < -0.4 is 15.8 Å². The van der Waals surface area contributed by atoms with E-state index in [0.29, 0.717) is 12.5 Å². The number of nitrogens with one attached hydrogen (secondary N) is 1. The lowest BCUT2D eigenvalue weighted by atomic mass is 10.2. The number of nitrogens with two attached hydrogens (primary N) is 1. The second-order valence-electron chi connectivity index (χ2n) is 5.43. The van der Waals surface area contributed by atoms with Crippen molar-refractivity contribution >= 4 is 23.4 Å². The molecule has 0 unspecified atom stereocenters. The molecule has 1 saturated carbocycles. The van der Waals surface area contributed by atoms with E-state index < -0.39 is 6.04 Å². The highest BCUT2D eigenvalue weighted by Gasteiger charge is 2.16.